The average Bonchev–Trinajstić information content (AvgIpc) is 3.02. The number of hydrogen-bond acceptors (Lipinski definition) is 8. The lowest BCUT2D eigenvalue weighted by molar-refractivity contribution is -0.158. The van der Waals surface area contributed by atoms with Crippen molar-refractivity contribution in [2.45, 2.75) is 93.8 Å². The maximum absolute atomic E-state index is 14.4. The molecular weight excluding hydrogens is 579 g/mol. The Bertz CT molecular complexity index is 1050. The molecule has 0 unspecified atom stereocenters. The van der Waals surface area contributed by atoms with Crippen molar-refractivity contribution in [3.8, 4) is 0 Å². The van der Waals surface area contributed by atoms with Gasteiger partial charge < -0.3 is 0 Å². The van der Waals surface area contributed by atoms with Gasteiger partial charge in [0.1, 0.15) is 0 Å². The molecule has 2 aliphatic rings. The Morgan fingerprint density at radius 3 is 1.54 bits per heavy atom. The molecule has 2 aromatic rings. The molecule has 0 N–H and O–H groups in total. The summed E-state index contributed by atoms with van der Waals surface area (Å²) in [5, 5.41) is 0. The van der Waals surface area contributed by atoms with Gasteiger partial charge in [-0.3, -0.25) is 14.1 Å². The number of amides is 2. The van der Waals surface area contributed by atoms with E-state index in [0.29, 0.717) is 6.42 Å². The van der Waals surface area contributed by atoms with E-state index in [4.69, 9.17) is 13.8 Å². The van der Waals surface area contributed by atoms with Crippen molar-refractivity contribution < 1.29 is 27.9 Å². The Hall–Kier alpha value is -1.81. The number of unbranched alkanes of at least 4 members (excludes halogenated alkanes) is 1. The fraction of sp³-hybridized carbons (Fsp3) is 0.533. The fourth-order valence-electron chi connectivity index (χ4n) is 4.92. The second-order valence-corrected chi connectivity index (χ2v) is 13.9. The van der Waals surface area contributed by atoms with Crippen LogP contribution in [0.15, 0.2) is 70.5 Å². The third-order valence-corrected chi connectivity index (χ3v) is 10.5. The lowest BCUT2D eigenvalue weighted by atomic mass is 9.89. The predicted octanol–water partition coefficient (Wildman–Crippen LogP) is 9.01. The smallest absolute Gasteiger partial charge is 0.284 e. The minimum atomic E-state index is -4.48. The van der Waals surface area contributed by atoms with E-state index in [1.54, 1.807) is 0 Å². The van der Waals surface area contributed by atoms with Crippen LogP contribution in [-0.2, 0) is 27.9 Å². The molecule has 224 valence electrons. The zero-order valence-corrected chi connectivity index (χ0v) is 26.3. The van der Waals surface area contributed by atoms with E-state index in [1.807, 2.05) is 67.6 Å². The van der Waals surface area contributed by atoms with Crippen molar-refractivity contribution in [3.05, 3.63) is 60.7 Å². The molecule has 11 heteroatoms. The summed E-state index contributed by atoms with van der Waals surface area (Å²) < 4.78 is 34.2. The SMILES string of the molecule is CCCCOP(=O)(ON(Sc1ccccc1)C(=O)C1CCCCC1)ON(Sc1ccccc1)C(=O)C1CCCCC1. The van der Waals surface area contributed by atoms with E-state index in [9.17, 15) is 14.2 Å². The number of benzene rings is 2. The Morgan fingerprint density at radius 1 is 0.732 bits per heavy atom. The van der Waals surface area contributed by atoms with E-state index in [0.717, 1.165) is 113 Å². The molecule has 2 saturated carbocycles. The van der Waals surface area contributed by atoms with Crippen LogP contribution in [0, 0.1) is 11.8 Å². The van der Waals surface area contributed by atoms with Gasteiger partial charge in [0, 0.05) is 45.5 Å². The molecule has 8 nitrogen and oxygen atoms in total. The topological polar surface area (TPSA) is 85.4 Å². The molecule has 0 atom stereocenters. The first-order valence-corrected chi connectivity index (χ1v) is 17.8. The first-order chi connectivity index (χ1) is 20.0. The number of phosphoric acid groups is 1. The van der Waals surface area contributed by atoms with Crippen LogP contribution < -0.4 is 0 Å². The van der Waals surface area contributed by atoms with E-state index in [-0.39, 0.29) is 30.3 Å². The van der Waals surface area contributed by atoms with Gasteiger partial charge in [0.15, 0.2) is 0 Å². The molecule has 0 aliphatic heterocycles. The Labute approximate surface area is 252 Å². The predicted molar refractivity (Wildman–Crippen MR) is 162 cm³/mol. The molecule has 0 radical (unpaired) electrons. The second-order valence-electron chi connectivity index (χ2n) is 10.5. The van der Waals surface area contributed by atoms with Crippen LogP contribution in [0.25, 0.3) is 0 Å². The van der Waals surface area contributed by atoms with E-state index in [2.05, 4.69) is 0 Å². The van der Waals surface area contributed by atoms with Crippen molar-refractivity contribution in [2.75, 3.05) is 6.61 Å². The summed E-state index contributed by atoms with van der Waals surface area (Å²) in [6.07, 6.45) is 10.4. The highest BCUT2D eigenvalue weighted by atomic mass is 32.2. The van der Waals surface area contributed by atoms with Crippen molar-refractivity contribution in [1.82, 2.24) is 8.94 Å². The number of carbonyl (C=O) groups is 2. The van der Waals surface area contributed by atoms with E-state index < -0.39 is 7.82 Å². The summed E-state index contributed by atoms with van der Waals surface area (Å²) in [4.78, 5) is 28.9. The quantitative estimate of drug-likeness (QED) is 0.0895. The molecule has 0 aromatic heterocycles. The van der Waals surface area contributed by atoms with Crippen LogP contribution in [0.3, 0.4) is 0 Å². The van der Waals surface area contributed by atoms with Crippen LogP contribution in [0.1, 0.15) is 84.0 Å². The van der Waals surface area contributed by atoms with Gasteiger partial charge in [0.25, 0.3) is 11.8 Å². The standard InChI is InChI=1S/C30H41N2O6PS2/c1-2-3-24-36-39(35,37-31(40-27-20-12-6-13-21-27)29(33)25-16-8-4-9-17-25)38-32(41-28-22-14-7-15-23-28)30(34)26-18-10-5-11-19-26/h6-7,12-15,20-23,25-26H,2-5,8-11,16-19,24H2,1H3. The molecule has 0 spiro atoms. The van der Waals surface area contributed by atoms with Gasteiger partial charge >= 0.3 is 7.82 Å². The highest BCUT2D eigenvalue weighted by Crippen LogP contribution is 2.55. The summed E-state index contributed by atoms with van der Waals surface area (Å²) >= 11 is 2.09. The van der Waals surface area contributed by atoms with Gasteiger partial charge in [-0.25, -0.2) is 4.57 Å². The molecule has 0 bridgehead atoms. The maximum atomic E-state index is 14.4. The van der Waals surface area contributed by atoms with Crippen LogP contribution in [0.4, 0.5) is 0 Å². The molecule has 0 heterocycles. The minimum Gasteiger partial charge on any atom is -0.284 e. The largest absolute Gasteiger partial charge is 0.520 e. The zero-order chi connectivity index (χ0) is 28.9. The Kier molecular flexibility index (Phi) is 13.1. The van der Waals surface area contributed by atoms with Crippen LogP contribution in [0.5, 0.6) is 0 Å². The second kappa shape index (κ2) is 16.7. The minimum absolute atomic E-state index is 0.0940. The molecule has 41 heavy (non-hydrogen) atoms. The van der Waals surface area contributed by atoms with Crippen molar-refractivity contribution in [1.29, 1.82) is 0 Å². The summed E-state index contributed by atoms with van der Waals surface area (Å²) in [5.74, 6) is -1.05. The normalized spacial score (nSPS) is 16.8. The number of rotatable bonds is 14. The Balaban J connectivity index is 1.61. The van der Waals surface area contributed by atoms with Gasteiger partial charge in [-0.15, -0.1) is 8.94 Å². The number of carbonyl (C=O) groups excluding carboxylic acids is 2. The maximum Gasteiger partial charge on any atom is 0.520 e. The van der Waals surface area contributed by atoms with Crippen molar-refractivity contribution in [3.63, 3.8) is 0 Å². The van der Waals surface area contributed by atoms with Crippen molar-refractivity contribution in [2.24, 2.45) is 11.8 Å². The monoisotopic (exact) mass is 620 g/mol. The van der Waals surface area contributed by atoms with E-state index >= 15 is 0 Å². The summed E-state index contributed by atoms with van der Waals surface area (Å²) in [7, 11) is -4.48. The van der Waals surface area contributed by atoms with Gasteiger partial charge in [-0.1, -0.05) is 88.3 Å². The lowest BCUT2D eigenvalue weighted by Crippen LogP contribution is -2.35. The van der Waals surface area contributed by atoms with Crippen LogP contribution in [-0.4, -0.2) is 27.4 Å². The first-order valence-electron chi connectivity index (χ1n) is 14.8. The van der Waals surface area contributed by atoms with Gasteiger partial charge in [0.05, 0.1) is 6.61 Å². The van der Waals surface area contributed by atoms with Gasteiger partial charge in [-0.2, -0.15) is 9.25 Å². The molecule has 2 amide bonds. The number of nitrogens with zero attached hydrogens (tertiary/aromatic N) is 2. The van der Waals surface area contributed by atoms with Gasteiger partial charge in [0.2, 0.25) is 0 Å². The first kappa shape index (κ1) is 32.1. The number of hydroxylamine groups is 2. The summed E-state index contributed by atoms with van der Waals surface area (Å²) in [6, 6.07) is 18.6. The number of hydrogen-bond donors (Lipinski definition) is 0. The van der Waals surface area contributed by atoms with Crippen LogP contribution >= 0.6 is 31.7 Å². The molecule has 2 aromatic carbocycles. The van der Waals surface area contributed by atoms with E-state index in [1.165, 1.54) is 0 Å². The molecular formula is C30H41N2O6PS2. The third-order valence-electron chi connectivity index (χ3n) is 7.23. The lowest BCUT2D eigenvalue weighted by Gasteiger charge is -2.32. The summed E-state index contributed by atoms with van der Waals surface area (Å²) in [5.41, 5.74) is 0. The van der Waals surface area contributed by atoms with Crippen molar-refractivity contribution >= 4 is 43.5 Å². The zero-order valence-electron chi connectivity index (χ0n) is 23.7. The highest BCUT2D eigenvalue weighted by molar-refractivity contribution is 7.97. The Morgan fingerprint density at radius 2 is 1.15 bits per heavy atom. The van der Waals surface area contributed by atoms with Crippen LogP contribution in [0.2, 0.25) is 0 Å². The molecule has 2 fully saturated rings. The molecule has 2 aliphatic carbocycles. The molecule has 0 saturated heterocycles. The van der Waals surface area contributed by atoms with Gasteiger partial charge in [-0.05, 0) is 56.4 Å². The highest BCUT2D eigenvalue weighted by Gasteiger charge is 2.41. The summed E-state index contributed by atoms with van der Waals surface area (Å²) in [6.45, 7) is 2.08. The molecule has 4 rings (SSSR count). The fourth-order valence-corrected chi connectivity index (χ4v) is 8.10. The third kappa shape index (κ3) is 10.2. The average molecular weight is 621 g/mol.